The molecule has 3 N–H and O–H groups in total. The van der Waals surface area contributed by atoms with Gasteiger partial charge in [-0.1, -0.05) is 33.6 Å². The first-order valence-corrected chi connectivity index (χ1v) is 6.16. The van der Waals surface area contributed by atoms with Gasteiger partial charge in [-0.05, 0) is 25.2 Å². The molecule has 84 valence electrons. The highest BCUT2D eigenvalue weighted by Crippen LogP contribution is 2.19. The van der Waals surface area contributed by atoms with Crippen molar-refractivity contribution in [1.29, 1.82) is 0 Å². The molecule has 0 bridgehead atoms. The first-order chi connectivity index (χ1) is 6.65. The van der Waals surface area contributed by atoms with E-state index in [1.165, 1.54) is 32.1 Å². The predicted octanol–water partition coefficient (Wildman–Crippen LogP) is 2.28. The van der Waals surface area contributed by atoms with Crippen molar-refractivity contribution in [2.45, 2.75) is 71.0 Å². The van der Waals surface area contributed by atoms with Crippen molar-refractivity contribution in [1.82, 2.24) is 5.32 Å². The van der Waals surface area contributed by atoms with E-state index in [1.807, 2.05) is 0 Å². The zero-order chi connectivity index (χ0) is 10.6. The summed E-state index contributed by atoms with van der Waals surface area (Å²) in [5.41, 5.74) is 6.12. The van der Waals surface area contributed by atoms with Crippen molar-refractivity contribution >= 4 is 0 Å². The Morgan fingerprint density at radius 3 is 2.43 bits per heavy atom. The summed E-state index contributed by atoms with van der Waals surface area (Å²) in [5, 5.41) is 3.73. The summed E-state index contributed by atoms with van der Waals surface area (Å²) < 4.78 is 0. The van der Waals surface area contributed by atoms with Crippen molar-refractivity contribution in [2.24, 2.45) is 11.7 Å². The third-order valence-corrected chi connectivity index (χ3v) is 3.49. The molecule has 14 heavy (non-hydrogen) atoms. The molecule has 1 aliphatic carbocycles. The highest BCUT2D eigenvalue weighted by Gasteiger charge is 2.24. The largest absolute Gasteiger partial charge is 0.326 e. The van der Waals surface area contributed by atoms with Crippen molar-refractivity contribution in [2.75, 3.05) is 0 Å². The minimum atomic E-state index is 0.386. The fourth-order valence-electron chi connectivity index (χ4n) is 2.42. The molecule has 0 spiro atoms. The van der Waals surface area contributed by atoms with Crippen molar-refractivity contribution in [3.63, 3.8) is 0 Å². The number of nitrogens with one attached hydrogen (secondary N) is 1. The topological polar surface area (TPSA) is 38.0 Å². The molecule has 0 aromatic carbocycles. The smallest absolute Gasteiger partial charge is 0.0221 e. The monoisotopic (exact) mass is 198 g/mol. The highest BCUT2D eigenvalue weighted by atomic mass is 15.0. The van der Waals surface area contributed by atoms with Gasteiger partial charge < -0.3 is 11.1 Å². The molecule has 1 rings (SSSR count). The number of hydrogen-bond acceptors (Lipinski definition) is 2. The molecule has 0 aliphatic heterocycles. The fourth-order valence-corrected chi connectivity index (χ4v) is 2.42. The second-order valence-electron chi connectivity index (χ2n) is 4.98. The van der Waals surface area contributed by atoms with Crippen LogP contribution in [0.2, 0.25) is 0 Å². The fraction of sp³-hybridized carbons (Fsp3) is 1.00. The zero-order valence-corrected chi connectivity index (χ0v) is 9.92. The molecular weight excluding hydrogens is 172 g/mol. The average molecular weight is 198 g/mol. The van der Waals surface area contributed by atoms with Crippen LogP contribution in [0, 0.1) is 5.92 Å². The maximum absolute atomic E-state index is 6.12. The Morgan fingerprint density at radius 2 is 1.93 bits per heavy atom. The molecule has 0 saturated heterocycles. The van der Waals surface area contributed by atoms with Crippen LogP contribution < -0.4 is 11.1 Å². The molecule has 0 aromatic heterocycles. The van der Waals surface area contributed by atoms with Gasteiger partial charge in [0, 0.05) is 18.1 Å². The molecule has 2 heteroatoms. The Balaban J connectivity index is 2.39. The van der Waals surface area contributed by atoms with E-state index in [0.717, 1.165) is 0 Å². The lowest BCUT2D eigenvalue weighted by Crippen LogP contribution is -2.51. The van der Waals surface area contributed by atoms with Gasteiger partial charge in [-0.3, -0.25) is 0 Å². The second kappa shape index (κ2) is 5.72. The summed E-state index contributed by atoms with van der Waals surface area (Å²) in [6.45, 7) is 6.83. The molecule has 1 saturated carbocycles. The van der Waals surface area contributed by atoms with Gasteiger partial charge >= 0.3 is 0 Å². The molecule has 0 amide bonds. The lowest BCUT2D eigenvalue weighted by molar-refractivity contribution is 0.266. The standard InChI is InChI=1S/C12H26N2/c1-4-11(9(2)3)14-12-8-6-5-7-10(12)13/h9-12,14H,4-8,13H2,1-3H3. The molecule has 3 unspecified atom stereocenters. The van der Waals surface area contributed by atoms with Crippen LogP contribution >= 0.6 is 0 Å². The summed E-state index contributed by atoms with van der Waals surface area (Å²) in [6.07, 6.45) is 6.34. The molecule has 3 atom stereocenters. The van der Waals surface area contributed by atoms with Gasteiger partial charge in [-0.25, -0.2) is 0 Å². The summed E-state index contributed by atoms with van der Waals surface area (Å²) >= 11 is 0. The first kappa shape index (κ1) is 12.0. The lowest BCUT2D eigenvalue weighted by Gasteiger charge is -2.34. The third kappa shape index (κ3) is 3.25. The predicted molar refractivity (Wildman–Crippen MR) is 62.3 cm³/mol. The maximum atomic E-state index is 6.12. The van der Waals surface area contributed by atoms with Gasteiger partial charge in [-0.15, -0.1) is 0 Å². The summed E-state index contributed by atoms with van der Waals surface area (Å²) in [5.74, 6) is 0.717. The molecule has 1 fully saturated rings. The van der Waals surface area contributed by atoms with Crippen LogP contribution in [0.25, 0.3) is 0 Å². The maximum Gasteiger partial charge on any atom is 0.0221 e. The lowest BCUT2D eigenvalue weighted by atomic mass is 9.89. The second-order valence-corrected chi connectivity index (χ2v) is 4.98. The van der Waals surface area contributed by atoms with Crippen LogP contribution in [-0.4, -0.2) is 18.1 Å². The Bertz CT molecular complexity index is 156. The Labute approximate surface area is 88.6 Å². The first-order valence-electron chi connectivity index (χ1n) is 6.16. The summed E-state index contributed by atoms with van der Waals surface area (Å²) in [7, 11) is 0. The van der Waals surface area contributed by atoms with E-state index in [1.54, 1.807) is 0 Å². The van der Waals surface area contributed by atoms with Gasteiger partial charge in [0.1, 0.15) is 0 Å². The highest BCUT2D eigenvalue weighted by molar-refractivity contribution is 4.86. The quantitative estimate of drug-likeness (QED) is 0.727. The molecule has 0 radical (unpaired) electrons. The van der Waals surface area contributed by atoms with E-state index in [9.17, 15) is 0 Å². The number of hydrogen-bond donors (Lipinski definition) is 2. The van der Waals surface area contributed by atoms with E-state index < -0.39 is 0 Å². The van der Waals surface area contributed by atoms with Gasteiger partial charge in [0.15, 0.2) is 0 Å². The summed E-state index contributed by atoms with van der Waals surface area (Å²) in [6, 6.07) is 1.59. The van der Waals surface area contributed by atoms with Gasteiger partial charge in [0.05, 0.1) is 0 Å². The zero-order valence-electron chi connectivity index (χ0n) is 9.92. The van der Waals surface area contributed by atoms with Crippen molar-refractivity contribution in [3.05, 3.63) is 0 Å². The van der Waals surface area contributed by atoms with Gasteiger partial charge in [0.25, 0.3) is 0 Å². The molecule has 0 aromatic rings. The SMILES string of the molecule is CCC(NC1CCCCC1N)C(C)C. The minimum absolute atomic E-state index is 0.386. The molecule has 2 nitrogen and oxygen atoms in total. The van der Waals surface area contributed by atoms with E-state index in [-0.39, 0.29) is 0 Å². The van der Waals surface area contributed by atoms with Gasteiger partial charge in [-0.2, -0.15) is 0 Å². The van der Waals surface area contributed by atoms with Crippen LogP contribution in [0.15, 0.2) is 0 Å². The molecule has 0 heterocycles. The van der Waals surface area contributed by atoms with E-state index in [0.29, 0.717) is 24.0 Å². The van der Waals surface area contributed by atoms with E-state index >= 15 is 0 Å². The molecule has 1 aliphatic rings. The van der Waals surface area contributed by atoms with Crippen LogP contribution in [-0.2, 0) is 0 Å². The van der Waals surface area contributed by atoms with E-state index in [4.69, 9.17) is 5.73 Å². The number of rotatable bonds is 4. The van der Waals surface area contributed by atoms with Crippen LogP contribution in [0.5, 0.6) is 0 Å². The third-order valence-electron chi connectivity index (χ3n) is 3.49. The average Bonchev–Trinajstić information content (AvgIpc) is 2.16. The van der Waals surface area contributed by atoms with Crippen molar-refractivity contribution in [3.8, 4) is 0 Å². The van der Waals surface area contributed by atoms with Crippen LogP contribution in [0.4, 0.5) is 0 Å². The van der Waals surface area contributed by atoms with E-state index in [2.05, 4.69) is 26.1 Å². The van der Waals surface area contributed by atoms with Crippen molar-refractivity contribution < 1.29 is 0 Å². The Morgan fingerprint density at radius 1 is 1.29 bits per heavy atom. The Hall–Kier alpha value is -0.0800. The van der Waals surface area contributed by atoms with Crippen LogP contribution in [0.3, 0.4) is 0 Å². The number of nitrogens with two attached hydrogens (primary N) is 1. The molecular formula is C12H26N2. The van der Waals surface area contributed by atoms with Gasteiger partial charge in [0.2, 0.25) is 0 Å². The normalized spacial score (nSPS) is 30.6. The van der Waals surface area contributed by atoms with Crippen LogP contribution in [0.1, 0.15) is 52.9 Å². The summed E-state index contributed by atoms with van der Waals surface area (Å²) in [4.78, 5) is 0. The minimum Gasteiger partial charge on any atom is -0.326 e. The Kier molecular flexibility index (Phi) is 4.90.